The van der Waals surface area contributed by atoms with E-state index in [4.69, 9.17) is 5.11 Å². The van der Waals surface area contributed by atoms with Crippen molar-refractivity contribution in [3.05, 3.63) is 35.4 Å². The summed E-state index contributed by atoms with van der Waals surface area (Å²) in [6, 6.07) is 7.43. The fourth-order valence-electron chi connectivity index (χ4n) is 1.41. The number of benzene rings is 1. The zero-order valence-corrected chi connectivity index (χ0v) is 8.97. The van der Waals surface area contributed by atoms with Gasteiger partial charge < -0.3 is 10.2 Å². The van der Waals surface area contributed by atoms with Crippen LogP contribution in [0.25, 0.3) is 0 Å². The van der Waals surface area contributed by atoms with Crippen LogP contribution >= 0.6 is 0 Å². The molecule has 1 aromatic rings. The zero-order chi connectivity index (χ0) is 11.4. The lowest BCUT2D eigenvalue weighted by Gasteiger charge is -2.11. The molecule has 3 nitrogen and oxygen atoms in total. The predicted octanol–water partition coefficient (Wildman–Crippen LogP) is 2.32. The molecule has 15 heavy (non-hydrogen) atoms. The minimum atomic E-state index is -0.988. The Morgan fingerprint density at radius 3 is 2.47 bits per heavy atom. The van der Waals surface area contributed by atoms with Gasteiger partial charge in [-0.1, -0.05) is 38.1 Å². The molecule has 0 fully saturated rings. The van der Waals surface area contributed by atoms with Gasteiger partial charge in [0.25, 0.3) is 0 Å². The molecule has 0 bridgehead atoms. The SMILES string of the molecule is CC(C)c1cccc([C@H](O)CC(=O)O)c1. The van der Waals surface area contributed by atoms with Crippen LogP contribution < -0.4 is 0 Å². The third kappa shape index (κ3) is 3.36. The summed E-state index contributed by atoms with van der Waals surface area (Å²) >= 11 is 0. The van der Waals surface area contributed by atoms with Gasteiger partial charge in [-0.25, -0.2) is 0 Å². The molecule has 3 heteroatoms. The Morgan fingerprint density at radius 1 is 1.33 bits per heavy atom. The number of carboxylic acid groups (broad SMARTS) is 1. The fraction of sp³-hybridized carbons (Fsp3) is 0.417. The monoisotopic (exact) mass is 208 g/mol. The number of carboxylic acids is 1. The number of carbonyl (C=O) groups is 1. The van der Waals surface area contributed by atoms with Gasteiger partial charge in [-0.15, -0.1) is 0 Å². The Kier molecular flexibility index (Phi) is 3.86. The summed E-state index contributed by atoms with van der Waals surface area (Å²) in [7, 11) is 0. The number of aliphatic hydroxyl groups excluding tert-OH is 1. The van der Waals surface area contributed by atoms with E-state index in [9.17, 15) is 9.90 Å². The van der Waals surface area contributed by atoms with Gasteiger partial charge in [-0.3, -0.25) is 4.79 Å². The van der Waals surface area contributed by atoms with Crippen molar-refractivity contribution in [2.45, 2.75) is 32.3 Å². The lowest BCUT2D eigenvalue weighted by Crippen LogP contribution is -2.05. The Hall–Kier alpha value is -1.35. The summed E-state index contributed by atoms with van der Waals surface area (Å²) in [4.78, 5) is 10.4. The lowest BCUT2D eigenvalue weighted by molar-refractivity contribution is -0.139. The van der Waals surface area contributed by atoms with Crippen molar-refractivity contribution >= 4 is 5.97 Å². The Labute approximate surface area is 89.4 Å². The van der Waals surface area contributed by atoms with Crippen LogP contribution in [0.2, 0.25) is 0 Å². The molecule has 2 N–H and O–H groups in total. The molecule has 0 aromatic heterocycles. The van der Waals surface area contributed by atoms with E-state index < -0.39 is 12.1 Å². The molecule has 0 saturated heterocycles. The predicted molar refractivity (Wildman–Crippen MR) is 57.7 cm³/mol. The molecule has 0 unspecified atom stereocenters. The molecule has 0 amide bonds. The standard InChI is InChI=1S/C12H16O3/c1-8(2)9-4-3-5-10(6-9)11(13)7-12(14)15/h3-6,8,11,13H,7H2,1-2H3,(H,14,15)/t11-/m1/s1. The van der Waals surface area contributed by atoms with E-state index >= 15 is 0 Å². The van der Waals surface area contributed by atoms with Gasteiger partial charge in [-0.2, -0.15) is 0 Å². The van der Waals surface area contributed by atoms with Gasteiger partial charge in [0.15, 0.2) is 0 Å². The molecule has 0 aliphatic carbocycles. The van der Waals surface area contributed by atoms with Crippen LogP contribution in [-0.4, -0.2) is 16.2 Å². The highest BCUT2D eigenvalue weighted by atomic mass is 16.4. The van der Waals surface area contributed by atoms with E-state index in [0.29, 0.717) is 11.5 Å². The van der Waals surface area contributed by atoms with Crippen LogP contribution in [0.5, 0.6) is 0 Å². The summed E-state index contributed by atoms with van der Waals surface area (Å²) in [6.07, 6.45) is -1.16. The Bertz CT molecular complexity index is 344. The number of hydrogen-bond acceptors (Lipinski definition) is 2. The van der Waals surface area contributed by atoms with Crippen molar-refractivity contribution in [2.75, 3.05) is 0 Å². The smallest absolute Gasteiger partial charge is 0.306 e. The van der Waals surface area contributed by atoms with Crippen LogP contribution in [0.15, 0.2) is 24.3 Å². The molecule has 0 heterocycles. The van der Waals surface area contributed by atoms with Crippen LogP contribution in [0, 0.1) is 0 Å². The number of hydrogen-bond donors (Lipinski definition) is 2. The molecule has 1 aromatic carbocycles. The van der Waals surface area contributed by atoms with Crippen molar-refractivity contribution in [1.29, 1.82) is 0 Å². The average Bonchev–Trinajstić information content (AvgIpc) is 2.17. The molecule has 0 aliphatic heterocycles. The normalized spacial score (nSPS) is 12.8. The Balaban J connectivity index is 2.85. The first-order valence-corrected chi connectivity index (χ1v) is 5.00. The third-order valence-electron chi connectivity index (χ3n) is 2.33. The van der Waals surface area contributed by atoms with Crippen LogP contribution in [0.3, 0.4) is 0 Å². The van der Waals surface area contributed by atoms with Gasteiger partial charge in [0.05, 0.1) is 12.5 Å². The quantitative estimate of drug-likeness (QED) is 0.798. The second-order valence-corrected chi connectivity index (χ2v) is 3.94. The summed E-state index contributed by atoms with van der Waals surface area (Å²) < 4.78 is 0. The largest absolute Gasteiger partial charge is 0.481 e. The number of aliphatic carboxylic acids is 1. The second-order valence-electron chi connectivity index (χ2n) is 3.94. The van der Waals surface area contributed by atoms with Crippen LogP contribution in [-0.2, 0) is 4.79 Å². The molecule has 0 aliphatic rings. The summed E-state index contributed by atoms with van der Waals surface area (Å²) in [5.41, 5.74) is 1.78. The third-order valence-corrected chi connectivity index (χ3v) is 2.33. The molecular formula is C12H16O3. The average molecular weight is 208 g/mol. The van der Waals surface area contributed by atoms with Gasteiger partial charge in [0, 0.05) is 0 Å². The lowest BCUT2D eigenvalue weighted by atomic mass is 9.98. The number of aliphatic hydroxyl groups is 1. The minimum absolute atomic E-state index is 0.248. The second kappa shape index (κ2) is 4.94. The van der Waals surface area contributed by atoms with Gasteiger partial charge >= 0.3 is 5.97 Å². The molecule has 1 rings (SSSR count). The van der Waals surface area contributed by atoms with Gasteiger partial charge in [-0.05, 0) is 17.0 Å². The molecular weight excluding hydrogens is 192 g/mol. The van der Waals surface area contributed by atoms with Crippen molar-refractivity contribution in [3.8, 4) is 0 Å². The van der Waals surface area contributed by atoms with E-state index in [-0.39, 0.29) is 6.42 Å². The highest BCUT2D eigenvalue weighted by molar-refractivity contribution is 5.67. The molecule has 82 valence electrons. The maximum atomic E-state index is 10.4. The number of rotatable bonds is 4. The van der Waals surface area contributed by atoms with E-state index in [1.807, 2.05) is 18.2 Å². The van der Waals surface area contributed by atoms with Crippen LogP contribution in [0.1, 0.15) is 43.4 Å². The summed E-state index contributed by atoms with van der Waals surface area (Å²) in [5, 5.41) is 18.2. The maximum absolute atomic E-state index is 10.4. The van der Waals surface area contributed by atoms with Crippen molar-refractivity contribution in [1.82, 2.24) is 0 Å². The first kappa shape index (κ1) is 11.7. The summed E-state index contributed by atoms with van der Waals surface area (Å²) in [6.45, 7) is 4.12. The van der Waals surface area contributed by atoms with E-state index in [1.165, 1.54) is 0 Å². The van der Waals surface area contributed by atoms with E-state index in [0.717, 1.165) is 5.56 Å². The molecule has 0 radical (unpaired) electrons. The van der Waals surface area contributed by atoms with E-state index in [2.05, 4.69) is 13.8 Å². The molecule has 0 saturated carbocycles. The highest BCUT2D eigenvalue weighted by Crippen LogP contribution is 2.21. The van der Waals surface area contributed by atoms with Crippen LogP contribution in [0.4, 0.5) is 0 Å². The highest BCUT2D eigenvalue weighted by Gasteiger charge is 2.12. The first-order valence-electron chi connectivity index (χ1n) is 5.00. The van der Waals surface area contributed by atoms with Crippen molar-refractivity contribution < 1.29 is 15.0 Å². The maximum Gasteiger partial charge on any atom is 0.306 e. The Morgan fingerprint density at radius 2 is 1.93 bits per heavy atom. The van der Waals surface area contributed by atoms with Crippen molar-refractivity contribution in [3.63, 3.8) is 0 Å². The van der Waals surface area contributed by atoms with Gasteiger partial charge in [0.2, 0.25) is 0 Å². The summed E-state index contributed by atoms with van der Waals surface area (Å²) in [5.74, 6) is -0.612. The van der Waals surface area contributed by atoms with E-state index in [1.54, 1.807) is 6.07 Å². The van der Waals surface area contributed by atoms with Gasteiger partial charge in [0.1, 0.15) is 0 Å². The fourth-order valence-corrected chi connectivity index (χ4v) is 1.41. The molecule has 0 spiro atoms. The molecule has 1 atom stereocenters. The topological polar surface area (TPSA) is 57.5 Å². The minimum Gasteiger partial charge on any atom is -0.481 e. The first-order chi connectivity index (χ1) is 7.00. The zero-order valence-electron chi connectivity index (χ0n) is 8.97. The van der Waals surface area contributed by atoms with Crippen molar-refractivity contribution in [2.24, 2.45) is 0 Å².